The number of nitrogens with zero attached hydrogens (tertiary/aromatic N) is 4. The van der Waals surface area contributed by atoms with Crippen LogP contribution in [0.25, 0.3) is 26.8 Å². The molecule has 0 saturated heterocycles. The van der Waals surface area contributed by atoms with E-state index in [4.69, 9.17) is 0 Å². The zero-order valence-corrected chi connectivity index (χ0v) is 17.8. The van der Waals surface area contributed by atoms with Crippen molar-refractivity contribution in [3.05, 3.63) is 94.5 Å². The van der Waals surface area contributed by atoms with E-state index in [0.717, 1.165) is 10.2 Å². The summed E-state index contributed by atoms with van der Waals surface area (Å²) in [5, 5.41) is 1.20. The van der Waals surface area contributed by atoms with Crippen LogP contribution in [0.3, 0.4) is 0 Å². The third-order valence-corrected chi connectivity index (χ3v) is 6.30. The third-order valence-electron chi connectivity index (χ3n) is 5.19. The van der Waals surface area contributed by atoms with Gasteiger partial charge in [-0.1, -0.05) is 35.6 Å². The van der Waals surface area contributed by atoms with Crippen LogP contribution >= 0.6 is 11.3 Å². The molecule has 0 aliphatic heterocycles. The Balaban J connectivity index is 1.48. The van der Waals surface area contributed by atoms with Gasteiger partial charge in [0.15, 0.2) is 5.13 Å². The van der Waals surface area contributed by atoms with Crippen LogP contribution in [0, 0.1) is 6.92 Å². The fourth-order valence-electron chi connectivity index (χ4n) is 3.58. The number of anilines is 1. The maximum Gasteiger partial charge on any atom is 0.265 e. The van der Waals surface area contributed by atoms with Crippen LogP contribution in [0.2, 0.25) is 0 Å². The number of para-hydroxylation sites is 2. The maximum atomic E-state index is 13.0. The number of rotatable bonds is 3. The number of aryl methyl sites for hydroxylation is 1. The maximum absolute atomic E-state index is 13.0. The van der Waals surface area contributed by atoms with E-state index in [9.17, 15) is 9.59 Å². The zero-order chi connectivity index (χ0) is 21.5. The Labute approximate surface area is 182 Å². The van der Waals surface area contributed by atoms with Crippen LogP contribution < -0.4 is 10.5 Å². The molecule has 0 fully saturated rings. The summed E-state index contributed by atoms with van der Waals surface area (Å²) in [6, 6.07) is 22.1. The number of amides is 1. The Bertz CT molecular complexity index is 1470. The van der Waals surface area contributed by atoms with E-state index in [-0.39, 0.29) is 11.5 Å². The molecule has 0 radical (unpaired) electrons. The fourth-order valence-corrected chi connectivity index (χ4v) is 4.51. The first-order valence-corrected chi connectivity index (χ1v) is 10.6. The van der Waals surface area contributed by atoms with Crippen LogP contribution in [0.4, 0.5) is 5.13 Å². The monoisotopic (exact) mass is 426 g/mol. The van der Waals surface area contributed by atoms with Crippen LogP contribution in [0.15, 0.2) is 77.6 Å². The van der Waals surface area contributed by atoms with Gasteiger partial charge in [0.1, 0.15) is 5.82 Å². The minimum Gasteiger partial charge on any atom is -0.287 e. The van der Waals surface area contributed by atoms with E-state index in [0.29, 0.717) is 33.1 Å². The summed E-state index contributed by atoms with van der Waals surface area (Å²) < 4.78 is 2.60. The van der Waals surface area contributed by atoms with Crippen LogP contribution in [0.5, 0.6) is 0 Å². The molecule has 0 saturated carbocycles. The highest BCUT2D eigenvalue weighted by Crippen LogP contribution is 2.28. The molecule has 31 heavy (non-hydrogen) atoms. The molecule has 0 aliphatic carbocycles. The van der Waals surface area contributed by atoms with Crippen LogP contribution in [0.1, 0.15) is 16.2 Å². The smallest absolute Gasteiger partial charge is 0.265 e. The number of benzene rings is 3. The van der Waals surface area contributed by atoms with Gasteiger partial charge in [0.2, 0.25) is 0 Å². The average Bonchev–Trinajstić information content (AvgIpc) is 3.23. The second kappa shape index (κ2) is 7.45. The van der Waals surface area contributed by atoms with Crippen molar-refractivity contribution >= 4 is 43.5 Å². The summed E-state index contributed by atoms with van der Waals surface area (Å²) >= 11 is 1.47. The first kappa shape index (κ1) is 19.1. The fraction of sp³-hybridized carbons (Fsp3) is 0.0833. The predicted molar refractivity (Wildman–Crippen MR) is 124 cm³/mol. The quantitative estimate of drug-likeness (QED) is 0.423. The van der Waals surface area contributed by atoms with E-state index in [1.165, 1.54) is 11.3 Å². The van der Waals surface area contributed by atoms with Gasteiger partial charge in [0.25, 0.3) is 11.5 Å². The van der Waals surface area contributed by atoms with Gasteiger partial charge in [-0.25, -0.2) is 9.97 Å². The van der Waals surface area contributed by atoms with Crippen LogP contribution in [-0.4, -0.2) is 27.5 Å². The number of hydrogen-bond acceptors (Lipinski definition) is 5. The Kier molecular flexibility index (Phi) is 4.60. The standard InChI is InChI=1S/C24H18N4O2S/c1-15-25-19-8-4-3-7-18(19)23(30)28(15)17-13-11-16(12-14-17)22(29)27(2)24-26-20-9-5-6-10-21(20)31-24/h3-14H,1-2H3. The molecule has 0 N–H and O–H groups in total. The number of carbonyl (C=O) groups excluding carboxylic acids is 1. The lowest BCUT2D eigenvalue weighted by molar-refractivity contribution is 0.0993. The van der Waals surface area contributed by atoms with Gasteiger partial charge in [-0.15, -0.1) is 0 Å². The molecule has 5 aromatic rings. The van der Waals surface area contributed by atoms with Crippen molar-refractivity contribution in [2.24, 2.45) is 0 Å². The van der Waals surface area contributed by atoms with Crippen molar-refractivity contribution in [1.29, 1.82) is 0 Å². The Morgan fingerprint density at radius 2 is 1.58 bits per heavy atom. The molecular formula is C24H18N4O2S. The van der Waals surface area contributed by atoms with E-state index < -0.39 is 0 Å². The largest absolute Gasteiger partial charge is 0.287 e. The summed E-state index contributed by atoms with van der Waals surface area (Å²) in [6.07, 6.45) is 0. The van der Waals surface area contributed by atoms with E-state index >= 15 is 0 Å². The Morgan fingerprint density at radius 1 is 0.903 bits per heavy atom. The first-order chi connectivity index (χ1) is 15.0. The van der Waals surface area contributed by atoms with Gasteiger partial charge in [0, 0.05) is 12.6 Å². The number of carbonyl (C=O) groups is 1. The number of fused-ring (bicyclic) bond motifs is 2. The minimum atomic E-state index is -0.161. The summed E-state index contributed by atoms with van der Waals surface area (Å²) in [7, 11) is 1.72. The molecule has 0 aliphatic rings. The molecule has 0 spiro atoms. The van der Waals surface area contributed by atoms with E-state index in [1.54, 1.807) is 53.8 Å². The van der Waals surface area contributed by atoms with Crippen molar-refractivity contribution in [3.8, 4) is 5.69 Å². The summed E-state index contributed by atoms with van der Waals surface area (Å²) in [5.41, 5.74) is 2.60. The predicted octanol–water partition coefficient (Wildman–Crippen LogP) is 4.58. The Hall–Kier alpha value is -3.84. The van der Waals surface area contributed by atoms with E-state index in [2.05, 4.69) is 9.97 Å². The van der Waals surface area contributed by atoms with Gasteiger partial charge in [0.05, 0.1) is 26.8 Å². The highest BCUT2D eigenvalue weighted by molar-refractivity contribution is 7.22. The van der Waals surface area contributed by atoms with Crippen molar-refractivity contribution in [2.45, 2.75) is 6.92 Å². The molecule has 3 aromatic carbocycles. The number of aromatic nitrogens is 3. The molecule has 0 unspecified atom stereocenters. The lowest BCUT2D eigenvalue weighted by atomic mass is 10.1. The minimum absolute atomic E-state index is 0.131. The molecule has 2 heterocycles. The van der Waals surface area contributed by atoms with Gasteiger partial charge in [-0.05, 0) is 55.5 Å². The number of thiazole rings is 1. The summed E-state index contributed by atoms with van der Waals surface area (Å²) in [6.45, 7) is 1.80. The van der Waals surface area contributed by atoms with E-state index in [1.807, 2.05) is 42.5 Å². The lowest BCUT2D eigenvalue weighted by Crippen LogP contribution is -2.26. The molecule has 0 bridgehead atoms. The van der Waals surface area contributed by atoms with Crippen LogP contribution in [-0.2, 0) is 0 Å². The van der Waals surface area contributed by atoms with Crippen molar-refractivity contribution < 1.29 is 4.79 Å². The molecule has 152 valence electrons. The number of hydrogen-bond donors (Lipinski definition) is 0. The zero-order valence-electron chi connectivity index (χ0n) is 16.9. The normalized spacial score (nSPS) is 11.2. The summed E-state index contributed by atoms with van der Waals surface area (Å²) in [5.74, 6) is 0.431. The third kappa shape index (κ3) is 3.29. The topological polar surface area (TPSA) is 68.1 Å². The average molecular weight is 427 g/mol. The highest BCUT2D eigenvalue weighted by Gasteiger charge is 2.18. The second-order valence-corrected chi connectivity index (χ2v) is 8.20. The SMILES string of the molecule is Cc1nc2ccccc2c(=O)n1-c1ccc(C(=O)N(C)c2nc3ccccc3s2)cc1. The van der Waals surface area contributed by atoms with Gasteiger partial charge >= 0.3 is 0 Å². The molecule has 6 nitrogen and oxygen atoms in total. The van der Waals surface area contributed by atoms with Crippen molar-refractivity contribution in [1.82, 2.24) is 14.5 Å². The molecule has 1 amide bonds. The summed E-state index contributed by atoms with van der Waals surface area (Å²) in [4.78, 5) is 36.6. The lowest BCUT2D eigenvalue weighted by Gasteiger charge is -2.15. The molecule has 7 heteroatoms. The molecule has 5 rings (SSSR count). The molecule has 2 aromatic heterocycles. The molecular weight excluding hydrogens is 408 g/mol. The van der Waals surface area contributed by atoms with Gasteiger partial charge in [-0.3, -0.25) is 19.1 Å². The van der Waals surface area contributed by atoms with Crippen molar-refractivity contribution in [3.63, 3.8) is 0 Å². The first-order valence-electron chi connectivity index (χ1n) is 9.75. The highest BCUT2D eigenvalue weighted by atomic mass is 32.1. The van der Waals surface area contributed by atoms with Crippen molar-refractivity contribution in [2.75, 3.05) is 11.9 Å². The Morgan fingerprint density at radius 3 is 2.32 bits per heavy atom. The molecule has 0 atom stereocenters. The van der Waals surface area contributed by atoms with Gasteiger partial charge < -0.3 is 0 Å². The second-order valence-electron chi connectivity index (χ2n) is 7.19. The van der Waals surface area contributed by atoms with Gasteiger partial charge in [-0.2, -0.15) is 0 Å².